The van der Waals surface area contributed by atoms with Crippen molar-refractivity contribution in [3.63, 3.8) is 0 Å². The second kappa shape index (κ2) is 9.80. The first kappa shape index (κ1) is 22.6. The Morgan fingerprint density at radius 3 is 2.22 bits per heavy atom. The number of rotatable bonds is 9. The van der Waals surface area contributed by atoms with Crippen molar-refractivity contribution < 1.29 is 9.53 Å². The van der Waals surface area contributed by atoms with Gasteiger partial charge in [-0.15, -0.1) is 0 Å². The van der Waals surface area contributed by atoms with Gasteiger partial charge in [-0.3, -0.25) is 0 Å². The van der Waals surface area contributed by atoms with Gasteiger partial charge in [0.25, 0.3) is 0 Å². The molecule has 2 nitrogen and oxygen atoms in total. The molecule has 0 aliphatic carbocycles. The molecular weight excluding hydrogens is 300 g/mol. The number of aliphatic hydroxyl groups is 1. The molecule has 0 saturated heterocycles. The highest BCUT2D eigenvalue weighted by Gasteiger charge is 2.39. The van der Waals surface area contributed by atoms with E-state index in [9.17, 15) is 0 Å². The van der Waals surface area contributed by atoms with Crippen LogP contribution in [0.15, 0.2) is 23.8 Å². The monoisotopic (exact) mass is 340 g/mol. The zero-order valence-corrected chi connectivity index (χ0v) is 17.9. The van der Waals surface area contributed by atoms with Crippen molar-refractivity contribution in [3.05, 3.63) is 23.8 Å². The number of aliphatic hydroxyl groups excluding tert-OH is 1. The SMILES string of the molecule is CC[C@@H](O[Si](C)(C)C(C)(C)C)[C@H](C)/C=C(C)/C=C/C[C@@H](C)CO. The third-order valence-electron chi connectivity index (χ3n) is 5.00. The van der Waals surface area contributed by atoms with E-state index in [1.165, 1.54) is 5.57 Å². The molecule has 0 aliphatic heterocycles. The third kappa shape index (κ3) is 8.32. The minimum Gasteiger partial charge on any atom is -0.413 e. The van der Waals surface area contributed by atoms with Gasteiger partial charge in [-0.2, -0.15) is 0 Å². The van der Waals surface area contributed by atoms with E-state index in [4.69, 9.17) is 9.53 Å². The van der Waals surface area contributed by atoms with E-state index < -0.39 is 8.32 Å². The lowest BCUT2D eigenvalue weighted by molar-refractivity contribution is 0.141. The molecule has 136 valence electrons. The fourth-order valence-electron chi connectivity index (χ4n) is 2.26. The van der Waals surface area contributed by atoms with Crippen molar-refractivity contribution in [3.8, 4) is 0 Å². The smallest absolute Gasteiger partial charge is 0.192 e. The summed E-state index contributed by atoms with van der Waals surface area (Å²) in [5.41, 5.74) is 1.28. The average molecular weight is 341 g/mol. The summed E-state index contributed by atoms with van der Waals surface area (Å²) in [7, 11) is -1.72. The Labute approximate surface area is 146 Å². The maximum Gasteiger partial charge on any atom is 0.192 e. The summed E-state index contributed by atoms with van der Waals surface area (Å²) in [5.74, 6) is 0.746. The summed E-state index contributed by atoms with van der Waals surface area (Å²) in [4.78, 5) is 0. The Morgan fingerprint density at radius 2 is 1.78 bits per heavy atom. The molecule has 0 bridgehead atoms. The molecule has 3 atom stereocenters. The molecule has 0 aromatic carbocycles. The summed E-state index contributed by atoms with van der Waals surface area (Å²) in [6.07, 6.45) is 8.91. The third-order valence-corrected chi connectivity index (χ3v) is 9.50. The molecular formula is C20H40O2Si. The van der Waals surface area contributed by atoms with Gasteiger partial charge in [0.2, 0.25) is 0 Å². The van der Waals surface area contributed by atoms with E-state index >= 15 is 0 Å². The lowest BCUT2D eigenvalue weighted by Crippen LogP contribution is -2.45. The van der Waals surface area contributed by atoms with E-state index in [-0.39, 0.29) is 17.7 Å². The van der Waals surface area contributed by atoms with Crippen LogP contribution < -0.4 is 0 Å². The first-order chi connectivity index (χ1) is 10.4. The maximum absolute atomic E-state index is 9.06. The molecule has 0 radical (unpaired) electrons. The molecule has 0 fully saturated rings. The van der Waals surface area contributed by atoms with Crippen LogP contribution in [0.25, 0.3) is 0 Å². The van der Waals surface area contributed by atoms with Gasteiger partial charge in [0.1, 0.15) is 0 Å². The molecule has 0 aromatic rings. The van der Waals surface area contributed by atoms with Gasteiger partial charge in [0.05, 0.1) is 6.10 Å². The Morgan fingerprint density at radius 1 is 1.22 bits per heavy atom. The van der Waals surface area contributed by atoms with Crippen molar-refractivity contribution in [1.29, 1.82) is 0 Å². The molecule has 3 heteroatoms. The van der Waals surface area contributed by atoms with E-state index in [1.807, 2.05) is 0 Å². The zero-order chi connectivity index (χ0) is 18.3. The summed E-state index contributed by atoms with van der Waals surface area (Å²) in [5, 5.41) is 9.31. The van der Waals surface area contributed by atoms with E-state index in [1.54, 1.807) is 0 Å². The number of hydrogen-bond acceptors (Lipinski definition) is 2. The lowest BCUT2D eigenvalue weighted by Gasteiger charge is -2.40. The van der Waals surface area contributed by atoms with Crippen molar-refractivity contribution in [1.82, 2.24) is 0 Å². The summed E-state index contributed by atoms with van der Waals surface area (Å²) in [6, 6.07) is 0. The summed E-state index contributed by atoms with van der Waals surface area (Å²) in [6.45, 7) is 20.5. The highest BCUT2D eigenvalue weighted by atomic mass is 28.4. The molecule has 0 spiro atoms. The topological polar surface area (TPSA) is 29.5 Å². The van der Waals surface area contributed by atoms with Gasteiger partial charge in [0.15, 0.2) is 8.32 Å². The van der Waals surface area contributed by atoms with Gasteiger partial charge in [0, 0.05) is 6.61 Å². The zero-order valence-electron chi connectivity index (χ0n) is 16.9. The largest absolute Gasteiger partial charge is 0.413 e. The molecule has 23 heavy (non-hydrogen) atoms. The standard InChI is InChI=1S/C20H40O2Si/c1-10-19(22-23(8,9)20(5,6)7)18(4)14-16(2)12-11-13-17(3)15-21/h11-12,14,17-19,21H,10,13,15H2,1-9H3/b12-11+,16-14+/t17-,18-,19-/m1/s1. The molecule has 0 saturated carbocycles. The van der Waals surface area contributed by atoms with Gasteiger partial charge in [-0.05, 0) is 49.7 Å². The molecule has 0 aliphatic rings. The molecule has 0 heterocycles. The van der Waals surface area contributed by atoms with Gasteiger partial charge >= 0.3 is 0 Å². The van der Waals surface area contributed by atoms with Gasteiger partial charge < -0.3 is 9.53 Å². The second-order valence-corrected chi connectivity index (χ2v) is 13.3. The average Bonchev–Trinajstić information content (AvgIpc) is 2.42. The summed E-state index contributed by atoms with van der Waals surface area (Å²) < 4.78 is 6.61. The predicted molar refractivity (Wildman–Crippen MR) is 105 cm³/mol. The van der Waals surface area contributed by atoms with Crippen LogP contribution in [0.4, 0.5) is 0 Å². The van der Waals surface area contributed by atoms with Crippen LogP contribution in [-0.2, 0) is 4.43 Å². The van der Waals surface area contributed by atoms with Crippen molar-refractivity contribution in [2.45, 2.75) is 85.5 Å². The van der Waals surface area contributed by atoms with Crippen LogP contribution in [-0.4, -0.2) is 26.1 Å². The molecule has 1 N–H and O–H groups in total. The highest BCUT2D eigenvalue weighted by Crippen LogP contribution is 2.38. The van der Waals surface area contributed by atoms with Gasteiger partial charge in [-0.25, -0.2) is 0 Å². The van der Waals surface area contributed by atoms with E-state index in [2.05, 4.69) is 79.8 Å². The Hall–Kier alpha value is -0.383. The van der Waals surface area contributed by atoms with Crippen LogP contribution in [0.5, 0.6) is 0 Å². The van der Waals surface area contributed by atoms with Crippen molar-refractivity contribution in [2.75, 3.05) is 6.61 Å². The minimum absolute atomic E-state index is 0.249. The van der Waals surface area contributed by atoms with Crippen molar-refractivity contribution >= 4 is 8.32 Å². The van der Waals surface area contributed by atoms with Crippen LogP contribution in [0.2, 0.25) is 18.1 Å². The molecule has 0 unspecified atom stereocenters. The van der Waals surface area contributed by atoms with Gasteiger partial charge in [-0.1, -0.05) is 65.3 Å². The maximum atomic E-state index is 9.06. The van der Waals surface area contributed by atoms with Crippen LogP contribution >= 0.6 is 0 Å². The van der Waals surface area contributed by atoms with E-state index in [0.717, 1.165) is 12.8 Å². The van der Waals surface area contributed by atoms with Crippen LogP contribution in [0.1, 0.15) is 61.3 Å². The lowest BCUT2D eigenvalue weighted by atomic mass is 9.99. The Balaban J connectivity index is 4.83. The minimum atomic E-state index is -1.72. The molecule has 0 rings (SSSR count). The Kier molecular flexibility index (Phi) is 9.64. The number of allylic oxidation sites excluding steroid dienone is 3. The summed E-state index contributed by atoms with van der Waals surface area (Å²) >= 11 is 0. The van der Waals surface area contributed by atoms with Crippen LogP contribution in [0, 0.1) is 11.8 Å². The van der Waals surface area contributed by atoms with Crippen LogP contribution in [0.3, 0.4) is 0 Å². The highest BCUT2D eigenvalue weighted by molar-refractivity contribution is 6.74. The number of hydrogen-bond donors (Lipinski definition) is 1. The quantitative estimate of drug-likeness (QED) is 0.415. The fraction of sp³-hybridized carbons (Fsp3) is 0.800. The first-order valence-electron chi connectivity index (χ1n) is 9.08. The molecule has 0 aromatic heterocycles. The fourth-order valence-corrected chi connectivity index (χ4v) is 3.75. The normalized spacial score (nSPS) is 18.3. The van der Waals surface area contributed by atoms with Crippen molar-refractivity contribution in [2.24, 2.45) is 11.8 Å². The first-order valence-corrected chi connectivity index (χ1v) is 12.0. The second-order valence-electron chi connectivity index (χ2n) is 8.52. The predicted octanol–water partition coefficient (Wildman–Crippen LogP) is 5.94. The molecule has 0 amide bonds. The Bertz CT molecular complexity index is 391. The van der Waals surface area contributed by atoms with E-state index in [0.29, 0.717) is 11.8 Å².